The van der Waals surface area contributed by atoms with Crippen molar-refractivity contribution in [2.75, 3.05) is 5.32 Å². The number of benzene rings is 2. The third-order valence-electron chi connectivity index (χ3n) is 4.88. The molecule has 5 rings (SSSR count). The molecule has 0 aliphatic rings. The third kappa shape index (κ3) is 4.42. The number of nitrogens with one attached hydrogen (secondary N) is 1. The second kappa shape index (κ2) is 8.45. The predicted molar refractivity (Wildman–Crippen MR) is 126 cm³/mol. The van der Waals surface area contributed by atoms with E-state index in [-0.39, 0.29) is 12.3 Å². The number of fused-ring (bicyclic) bond motifs is 1. The molecule has 0 fully saturated rings. The Morgan fingerprint density at radius 3 is 2.65 bits per heavy atom. The Balaban J connectivity index is 1.22. The fourth-order valence-electron chi connectivity index (χ4n) is 3.33. The molecular formula is C24H19N3O2S2. The van der Waals surface area contributed by atoms with Crippen LogP contribution in [-0.4, -0.2) is 15.9 Å². The molecule has 0 saturated heterocycles. The second-order valence-corrected chi connectivity index (χ2v) is 9.24. The van der Waals surface area contributed by atoms with Gasteiger partial charge in [-0.1, -0.05) is 30.3 Å². The van der Waals surface area contributed by atoms with Crippen molar-refractivity contribution >= 4 is 44.5 Å². The second-order valence-electron chi connectivity index (χ2n) is 7.17. The summed E-state index contributed by atoms with van der Waals surface area (Å²) in [6, 6.07) is 20.0. The molecule has 31 heavy (non-hydrogen) atoms. The third-order valence-corrected chi connectivity index (χ3v) is 6.78. The summed E-state index contributed by atoms with van der Waals surface area (Å²) in [7, 11) is 0. The minimum Gasteiger partial charge on any atom is -0.440 e. The van der Waals surface area contributed by atoms with Crippen molar-refractivity contribution in [1.29, 1.82) is 0 Å². The lowest BCUT2D eigenvalue weighted by molar-refractivity contribution is -0.115. The van der Waals surface area contributed by atoms with Crippen molar-refractivity contribution in [3.8, 4) is 10.8 Å². The van der Waals surface area contributed by atoms with E-state index in [0.717, 1.165) is 33.1 Å². The van der Waals surface area contributed by atoms with Gasteiger partial charge in [0, 0.05) is 12.1 Å². The average molecular weight is 446 g/mol. The van der Waals surface area contributed by atoms with Gasteiger partial charge in [-0.15, -0.1) is 22.7 Å². The summed E-state index contributed by atoms with van der Waals surface area (Å²) in [4.78, 5) is 22.6. The van der Waals surface area contributed by atoms with Crippen molar-refractivity contribution in [2.45, 2.75) is 19.8 Å². The number of para-hydroxylation sites is 1. The van der Waals surface area contributed by atoms with E-state index in [4.69, 9.17) is 4.42 Å². The first-order chi connectivity index (χ1) is 15.1. The molecule has 0 unspecified atom stereocenters. The van der Waals surface area contributed by atoms with Crippen molar-refractivity contribution in [1.82, 2.24) is 9.97 Å². The molecule has 0 aliphatic carbocycles. The number of thiazole rings is 1. The first-order valence-corrected chi connectivity index (χ1v) is 11.6. The van der Waals surface area contributed by atoms with Gasteiger partial charge in [-0.25, -0.2) is 9.97 Å². The maximum absolute atomic E-state index is 12.5. The lowest BCUT2D eigenvalue weighted by Gasteiger charge is -2.05. The number of carbonyl (C=O) groups excluding carboxylic acids is 1. The van der Waals surface area contributed by atoms with Gasteiger partial charge >= 0.3 is 0 Å². The number of thiophene rings is 1. The smallest absolute Gasteiger partial charge is 0.236 e. The minimum absolute atomic E-state index is 0.118. The number of hydrogen-bond donors (Lipinski definition) is 1. The van der Waals surface area contributed by atoms with Crippen molar-refractivity contribution in [3.05, 3.63) is 88.1 Å². The molecule has 5 aromatic rings. The maximum atomic E-state index is 12.5. The Kier molecular flexibility index (Phi) is 5.36. The standard InChI is InChI=1S/C24H19N3O2S2/c1-15-19(27-24(29-15)21-7-4-12-30-21)14-22(28)25-17-10-8-16(9-11-17)13-23-26-18-5-2-3-6-20(18)31-23/h2-12H,13-14H2,1H3,(H,25,28). The number of oxazole rings is 1. The quantitative estimate of drug-likeness (QED) is 0.343. The van der Waals surface area contributed by atoms with Gasteiger partial charge in [0.05, 0.1) is 32.2 Å². The monoisotopic (exact) mass is 445 g/mol. The Morgan fingerprint density at radius 2 is 1.87 bits per heavy atom. The zero-order valence-electron chi connectivity index (χ0n) is 16.8. The summed E-state index contributed by atoms with van der Waals surface area (Å²) < 4.78 is 6.92. The van der Waals surface area contributed by atoms with Crippen molar-refractivity contribution < 1.29 is 9.21 Å². The van der Waals surface area contributed by atoms with E-state index in [1.54, 1.807) is 22.7 Å². The predicted octanol–water partition coefficient (Wildman–Crippen LogP) is 6.09. The molecule has 154 valence electrons. The van der Waals surface area contributed by atoms with Crippen LogP contribution in [0.3, 0.4) is 0 Å². The summed E-state index contributed by atoms with van der Waals surface area (Å²) in [5, 5.41) is 6.00. The normalized spacial score (nSPS) is 11.1. The van der Waals surface area contributed by atoms with Gasteiger partial charge in [0.25, 0.3) is 0 Å². The summed E-state index contributed by atoms with van der Waals surface area (Å²) in [5.74, 6) is 1.12. The number of aryl methyl sites for hydroxylation is 1. The molecule has 0 aliphatic heterocycles. The largest absolute Gasteiger partial charge is 0.440 e. The van der Waals surface area contributed by atoms with E-state index >= 15 is 0 Å². The Morgan fingerprint density at radius 1 is 1.03 bits per heavy atom. The first-order valence-electron chi connectivity index (χ1n) is 9.87. The van der Waals surface area contributed by atoms with Crippen LogP contribution in [0.2, 0.25) is 0 Å². The van der Waals surface area contributed by atoms with Crippen LogP contribution in [-0.2, 0) is 17.6 Å². The van der Waals surface area contributed by atoms with Crippen LogP contribution in [0.5, 0.6) is 0 Å². The van der Waals surface area contributed by atoms with Crippen LogP contribution in [0, 0.1) is 6.92 Å². The number of aromatic nitrogens is 2. The molecular weight excluding hydrogens is 426 g/mol. The van der Waals surface area contributed by atoms with Crippen LogP contribution in [0.1, 0.15) is 22.0 Å². The molecule has 2 aromatic carbocycles. The Hall–Kier alpha value is -3.29. The molecule has 0 atom stereocenters. The molecule has 5 nitrogen and oxygen atoms in total. The highest BCUT2D eigenvalue weighted by atomic mass is 32.1. The van der Waals surface area contributed by atoms with E-state index < -0.39 is 0 Å². The topological polar surface area (TPSA) is 68.0 Å². The van der Waals surface area contributed by atoms with Gasteiger partial charge in [-0.05, 0) is 48.2 Å². The molecule has 3 heterocycles. The Bertz CT molecular complexity index is 1300. The molecule has 0 saturated carbocycles. The summed E-state index contributed by atoms with van der Waals surface area (Å²) in [5.41, 5.74) is 3.62. The van der Waals surface area contributed by atoms with E-state index in [2.05, 4.69) is 21.4 Å². The highest BCUT2D eigenvalue weighted by molar-refractivity contribution is 7.18. The SMILES string of the molecule is Cc1oc(-c2cccs2)nc1CC(=O)Nc1ccc(Cc2nc3ccccc3s2)cc1. The maximum Gasteiger partial charge on any atom is 0.236 e. The fourth-order valence-corrected chi connectivity index (χ4v) is 4.98. The van der Waals surface area contributed by atoms with Crippen LogP contribution >= 0.6 is 22.7 Å². The highest BCUT2D eigenvalue weighted by Crippen LogP contribution is 2.26. The van der Waals surface area contributed by atoms with E-state index in [1.807, 2.05) is 66.9 Å². The van der Waals surface area contributed by atoms with Crippen LogP contribution < -0.4 is 5.32 Å². The minimum atomic E-state index is -0.118. The molecule has 3 aromatic heterocycles. The lowest BCUT2D eigenvalue weighted by Crippen LogP contribution is -2.15. The number of nitrogens with zero attached hydrogens (tertiary/aromatic N) is 2. The molecule has 0 bridgehead atoms. The fraction of sp³-hybridized carbons (Fsp3) is 0.125. The van der Waals surface area contributed by atoms with Crippen molar-refractivity contribution in [3.63, 3.8) is 0 Å². The molecule has 1 N–H and O–H groups in total. The molecule has 1 amide bonds. The van der Waals surface area contributed by atoms with Crippen LogP contribution in [0.4, 0.5) is 5.69 Å². The number of hydrogen-bond acceptors (Lipinski definition) is 6. The van der Waals surface area contributed by atoms with Gasteiger partial charge in [0.15, 0.2) is 0 Å². The van der Waals surface area contributed by atoms with E-state index in [1.165, 1.54) is 4.70 Å². The number of rotatable bonds is 6. The highest BCUT2D eigenvalue weighted by Gasteiger charge is 2.15. The number of anilines is 1. The summed E-state index contributed by atoms with van der Waals surface area (Å²) in [6.45, 7) is 1.84. The van der Waals surface area contributed by atoms with Gasteiger partial charge in [-0.2, -0.15) is 0 Å². The average Bonchev–Trinajstić information content (AvgIpc) is 3.49. The zero-order valence-corrected chi connectivity index (χ0v) is 18.4. The van der Waals surface area contributed by atoms with Crippen LogP contribution in [0.25, 0.3) is 21.0 Å². The van der Waals surface area contributed by atoms with Gasteiger partial charge in [0.1, 0.15) is 5.76 Å². The van der Waals surface area contributed by atoms with Crippen LogP contribution in [0.15, 0.2) is 70.5 Å². The lowest BCUT2D eigenvalue weighted by atomic mass is 10.1. The Labute approximate surface area is 187 Å². The van der Waals surface area contributed by atoms with Crippen molar-refractivity contribution in [2.24, 2.45) is 0 Å². The molecule has 0 spiro atoms. The number of amides is 1. The van der Waals surface area contributed by atoms with Gasteiger partial charge in [0.2, 0.25) is 11.8 Å². The van der Waals surface area contributed by atoms with Gasteiger partial charge in [-0.3, -0.25) is 4.79 Å². The summed E-state index contributed by atoms with van der Waals surface area (Å²) >= 11 is 3.28. The first kappa shape index (κ1) is 19.7. The molecule has 0 radical (unpaired) electrons. The molecule has 7 heteroatoms. The van der Waals surface area contributed by atoms with Gasteiger partial charge < -0.3 is 9.73 Å². The zero-order chi connectivity index (χ0) is 21.2. The van der Waals surface area contributed by atoms with E-state index in [0.29, 0.717) is 17.3 Å². The number of carbonyl (C=O) groups is 1. The summed E-state index contributed by atoms with van der Waals surface area (Å²) in [6.07, 6.45) is 0.950. The van der Waals surface area contributed by atoms with E-state index in [9.17, 15) is 4.79 Å².